The van der Waals surface area contributed by atoms with Gasteiger partial charge in [0.15, 0.2) is 23.7 Å². The van der Waals surface area contributed by atoms with Crippen LogP contribution in [0.3, 0.4) is 0 Å². The lowest BCUT2D eigenvalue weighted by atomic mass is 10.1. The molecule has 0 bridgehead atoms. The van der Waals surface area contributed by atoms with Gasteiger partial charge in [-0.05, 0) is 19.1 Å². The monoisotopic (exact) mass is 337 g/mol. The standard InChI is InChI=1S/C17H24N2O5/c1-12(16-11-23-14-4-2-3-5-15(14)24-16)18-17(21)13(20)10-19-6-8-22-9-7-19/h2-5,12-13,16,20H,6-11H2,1H3,(H,18,21)/p+1/t12-,13+,16+/m0/s1. The van der Waals surface area contributed by atoms with Crippen molar-refractivity contribution in [3.05, 3.63) is 24.3 Å². The minimum Gasteiger partial charge on any atom is -0.486 e. The molecule has 1 fully saturated rings. The Morgan fingerprint density at radius 1 is 1.33 bits per heavy atom. The van der Waals surface area contributed by atoms with E-state index in [1.165, 1.54) is 4.90 Å². The number of nitrogens with one attached hydrogen (secondary N) is 2. The van der Waals surface area contributed by atoms with E-state index in [0.717, 1.165) is 13.1 Å². The Morgan fingerprint density at radius 2 is 2.04 bits per heavy atom. The number of quaternary nitrogens is 1. The Morgan fingerprint density at radius 3 is 2.79 bits per heavy atom. The van der Waals surface area contributed by atoms with Crippen LogP contribution < -0.4 is 19.7 Å². The van der Waals surface area contributed by atoms with E-state index in [0.29, 0.717) is 37.9 Å². The smallest absolute Gasteiger partial charge is 0.255 e. The van der Waals surface area contributed by atoms with E-state index in [9.17, 15) is 9.90 Å². The topological polar surface area (TPSA) is 81.5 Å². The van der Waals surface area contributed by atoms with Crippen LogP contribution in [0.5, 0.6) is 11.5 Å². The van der Waals surface area contributed by atoms with Crippen molar-refractivity contribution in [3.8, 4) is 11.5 Å². The molecule has 132 valence electrons. The summed E-state index contributed by atoms with van der Waals surface area (Å²) in [7, 11) is 0. The molecule has 3 atom stereocenters. The first-order valence-corrected chi connectivity index (χ1v) is 8.41. The molecule has 1 aromatic rings. The normalized spacial score (nSPS) is 23.3. The predicted octanol–water partition coefficient (Wildman–Crippen LogP) is -1.39. The Bertz CT molecular complexity index is 562. The third-order valence-electron chi connectivity index (χ3n) is 4.44. The molecule has 7 nitrogen and oxygen atoms in total. The number of fused-ring (bicyclic) bond motifs is 1. The molecule has 0 saturated carbocycles. The predicted molar refractivity (Wildman–Crippen MR) is 86.3 cm³/mol. The van der Waals surface area contributed by atoms with Crippen molar-refractivity contribution in [2.24, 2.45) is 0 Å². The number of carbonyl (C=O) groups is 1. The van der Waals surface area contributed by atoms with E-state index in [1.807, 2.05) is 31.2 Å². The quantitative estimate of drug-likeness (QED) is 0.616. The van der Waals surface area contributed by atoms with E-state index < -0.39 is 6.10 Å². The molecule has 0 spiro atoms. The minimum absolute atomic E-state index is 0.264. The number of rotatable bonds is 5. The van der Waals surface area contributed by atoms with Gasteiger partial charge in [-0.15, -0.1) is 0 Å². The van der Waals surface area contributed by atoms with Crippen LogP contribution in [0.1, 0.15) is 6.92 Å². The van der Waals surface area contributed by atoms with Gasteiger partial charge in [0.05, 0.1) is 19.3 Å². The molecule has 0 aromatic heterocycles. The molecule has 0 aliphatic carbocycles. The summed E-state index contributed by atoms with van der Waals surface area (Å²) in [6.45, 7) is 5.59. The number of hydrogen-bond donors (Lipinski definition) is 3. The zero-order valence-electron chi connectivity index (χ0n) is 13.9. The molecule has 2 aliphatic rings. The van der Waals surface area contributed by atoms with Crippen molar-refractivity contribution in [2.45, 2.75) is 25.2 Å². The Kier molecular flexibility index (Phi) is 5.55. The van der Waals surface area contributed by atoms with Crippen LogP contribution in [0.2, 0.25) is 0 Å². The average Bonchev–Trinajstić information content (AvgIpc) is 2.62. The molecular weight excluding hydrogens is 312 g/mol. The third-order valence-corrected chi connectivity index (χ3v) is 4.44. The highest BCUT2D eigenvalue weighted by Crippen LogP contribution is 2.31. The molecule has 0 unspecified atom stereocenters. The lowest BCUT2D eigenvalue weighted by Crippen LogP contribution is -3.15. The summed E-state index contributed by atoms with van der Waals surface area (Å²) in [4.78, 5) is 13.4. The van der Waals surface area contributed by atoms with Gasteiger partial charge >= 0.3 is 0 Å². The summed E-state index contributed by atoms with van der Waals surface area (Å²) in [5, 5.41) is 13.0. The van der Waals surface area contributed by atoms with Crippen LogP contribution in [0.15, 0.2) is 24.3 Å². The SMILES string of the molecule is C[C@H](NC(=O)[C@H](O)C[NH+]1CCOCC1)[C@H]1COc2ccccc2O1. The van der Waals surface area contributed by atoms with Crippen LogP contribution in [0, 0.1) is 0 Å². The maximum Gasteiger partial charge on any atom is 0.255 e. The second kappa shape index (κ2) is 7.83. The zero-order valence-corrected chi connectivity index (χ0v) is 13.9. The van der Waals surface area contributed by atoms with Crippen LogP contribution in [-0.4, -0.2) is 68.7 Å². The number of morpholine rings is 1. The maximum atomic E-state index is 12.2. The summed E-state index contributed by atoms with van der Waals surface area (Å²) < 4.78 is 16.8. The van der Waals surface area contributed by atoms with Crippen molar-refractivity contribution >= 4 is 5.91 Å². The van der Waals surface area contributed by atoms with Gasteiger partial charge in [0.25, 0.3) is 5.91 Å². The number of carbonyl (C=O) groups excluding carboxylic acids is 1. The van der Waals surface area contributed by atoms with Crippen LogP contribution >= 0.6 is 0 Å². The molecule has 3 rings (SSSR count). The summed E-state index contributed by atoms with van der Waals surface area (Å²) >= 11 is 0. The number of amides is 1. The highest BCUT2D eigenvalue weighted by Gasteiger charge is 2.30. The zero-order chi connectivity index (χ0) is 16.9. The van der Waals surface area contributed by atoms with Crippen molar-refractivity contribution in [2.75, 3.05) is 39.5 Å². The third kappa shape index (κ3) is 4.17. The molecule has 1 amide bonds. The number of aliphatic hydroxyl groups is 1. The van der Waals surface area contributed by atoms with Gasteiger partial charge in [0.1, 0.15) is 26.2 Å². The average molecular weight is 337 g/mol. The molecule has 0 radical (unpaired) electrons. The number of hydrogen-bond acceptors (Lipinski definition) is 5. The fraction of sp³-hybridized carbons (Fsp3) is 0.588. The molecular formula is C17H25N2O5+. The van der Waals surface area contributed by atoms with E-state index in [1.54, 1.807) is 0 Å². The van der Waals surface area contributed by atoms with Gasteiger partial charge < -0.3 is 29.5 Å². The van der Waals surface area contributed by atoms with Crippen molar-refractivity contribution in [1.29, 1.82) is 0 Å². The van der Waals surface area contributed by atoms with E-state index >= 15 is 0 Å². The minimum atomic E-state index is -1.03. The Hall–Kier alpha value is -1.83. The van der Waals surface area contributed by atoms with Crippen LogP contribution in [0.25, 0.3) is 0 Å². The molecule has 1 aromatic carbocycles. The highest BCUT2D eigenvalue weighted by molar-refractivity contribution is 5.80. The second-order valence-electron chi connectivity index (χ2n) is 6.29. The highest BCUT2D eigenvalue weighted by atomic mass is 16.6. The molecule has 24 heavy (non-hydrogen) atoms. The first kappa shape index (κ1) is 17.0. The second-order valence-corrected chi connectivity index (χ2v) is 6.29. The van der Waals surface area contributed by atoms with E-state index in [-0.39, 0.29) is 18.1 Å². The van der Waals surface area contributed by atoms with Gasteiger partial charge in [-0.25, -0.2) is 0 Å². The number of aliphatic hydroxyl groups excluding tert-OH is 1. The lowest BCUT2D eigenvalue weighted by Gasteiger charge is -2.31. The van der Waals surface area contributed by atoms with Crippen LogP contribution in [0.4, 0.5) is 0 Å². The summed E-state index contributed by atoms with van der Waals surface area (Å²) in [6, 6.07) is 7.19. The largest absolute Gasteiger partial charge is 0.486 e. The van der Waals surface area contributed by atoms with Gasteiger partial charge in [0.2, 0.25) is 0 Å². The fourth-order valence-corrected chi connectivity index (χ4v) is 2.93. The van der Waals surface area contributed by atoms with Gasteiger partial charge in [-0.1, -0.05) is 12.1 Å². The molecule has 1 saturated heterocycles. The van der Waals surface area contributed by atoms with E-state index in [4.69, 9.17) is 14.2 Å². The van der Waals surface area contributed by atoms with Crippen molar-refractivity contribution < 1.29 is 29.0 Å². The van der Waals surface area contributed by atoms with Crippen LogP contribution in [-0.2, 0) is 9.53 Å². The number of ether oxygens (including phenoxy) is 3. The number of benzene rings is 1. The van der Waals surface area contributed by atoms with Gasteiger partial charge in [0, 0.05) is 0 Å². The van der Waals surface area contributed by atoms with Gasteiger partial charge in [-0.3, -0.25) is 4.79 Å². The van der Waals surface area contributed by atoms with Crippen molar-refractivity contribution in [3.63, 3.8) is 0 Å². The van der Waals surface area contributed by atoms with Gasteiger partial charge in [-0.2, -0.15) is 0 Å². The summed E-state index contributed by atoms with van der Waals surface area (Å²) in [6.07, 6.45) is -1.32. The molecule has 2 aliphatic heterocycles. The van der Waals surface area contributed by atoms with Crippen molar-refractivity contribution in [1.82, 2.24) is 5.32 Å². The first-order valence-electron chi connectivity index (χ1n) is 8.41. The summed E-state index contributed by atoms with van der Waals surface area (Å²) in [5.74, 6) is 1.01. The summed E-state index contributed by atoms with van der Waals surface area (Å²) in [5.41, 5.74) is 0. The fourth-order valence-electron chi connectivity index (χ4n) is 2.93. The Balaban J connectivity index is 1.49. The molecule has 2 heterocycles. The lowest BCUT2D eigenvalue weighted by molar-refractivity contribution is -0.910. The maximum absolute atomic E-state index is 12.2. The number of para-hydroxylation sites is 2. The van der Waals surface area contributed by atoms with E-state index in [2.05, 4.69) is 5.32 Å². The Labute approximate surface area is 141 Å². The molecule has 7 heteroatoms. The first-order chi connectivity index (χ1) is 11.6. The molecule has 3 N–H and O–H groups in total.